The van der Waals surface area contributed by atoms with Gasteiger partial charge in [0.25, 0.3) is 0 Å². The van der Waals surface area contributed by atoms with Gasteiger partial charge < -0.3 is 16.0 Å². The van der Waals surface area contributed by atoms with Crippen molar-refractivity contribution in [2.75, 3.05) is 19.6 Å². The van der Waals surface area contributed by atoms with Crippen molar-refractivity contribution in [1.29, 1.82) is 0 Å². The highest BCUT2D eigenvalue weighted by molar-refractivity contribution is 5.88. The summed E-state index contributed by atoms with van der Waals surface area (Å²) in [6.45, 7) is 3.61. The minimum Gasteiger partial charge on any atom is -0.353 e. The maximum Gasteiger partial charge on any atom is 0.242 e. The van der Waals surface area contributed by atoms with Crippen LogP contribution in [0.5, 0.6) is 0 Å². The van der Waals surface area contributed by atoms with E-state index >= 15 is 0 Å². The molecule has 86 valence electrons. The second kappa shape index (κ2) is 5.70. The van der Waals surface area contributed by atoms with E-state index < -0.39 is 0 Å². The van der Waals surface area contributed by atoms with Gasteiger partial charge in [0.05, 0.1) is 0 Å². The zero-order valence-electron chi connectivity index (χ0n) is 9.16. The van der Waals surface area contributed by atoms with Gasteiger partial charge in [-0.1, -0.05) is 6.92 Å². The number of carbonyl (C=O) groups excluding carboxylic acids is 2. The Balaban J connectivity index is 2.57. The highest BCUT2D eigenvalue weighted by atomic mass is 16.2. The van der Waals surface area contributed by atoms with Gasteiger partial charge in [0, 0.05) is 19.5 Å². The van der Waals surface area contributed by atoms with Crippen LogP contribution in [0, 0.1) is 0 Å². The molecule has 1 aliphatic rings. The SMILES string of the molecule is CCC1C(=O)NCCN1C(=O)CCCN. The van der Waals surface area contributed by atoms with Gasteiger partial charge in [-0.3, -0.25) is 9.59 Å². The number of carbonyl (C=O) groups is 2. The minimum absolute atomic E-state index is 0.0372. The Morgan fingerprint density at radius 3 is 3.00 bits per heavy atom. The van der Waals surface area contributed by atoms with E-state index in [1.165, 1.54) is 0 Å². The van der Waals surface area contributed by atoms with Crippen LogP contribution >= 0.6 is 0 Å². The lowest BCUT2D eigenvalue weighted by Gasteiger charge is -2.34. The van der Waals surface area contributed by atoms with Crippen molar-refractivity contribution >= 4 is 11.8 Å². The fourth-order valence-electron chi connectivity index (χ4n) is 1.82. The maximum absolute atomic E-state index is 11.8. The molecule has 1 saturated heterocycles. The van der Waals surface area contributed by atoms with Crippen molar-refractivity contribution in [3.05, 3.63) is 0 Å². The summed E-state index contributed by atoms with van der Waals surface area (Å²) in [6.07, 6.45) is 1.80. The molecule has 0 aromatic carbocycles. The Labute approximate surface area is 90.0 Å². The second-order valence-electron chi connectivity index (χ2n) is 3.69. The molecule has 0 saturated carbocycles. The zero-order valence-corrected chi connectivity index (χ0v) is 9.16. The van der Waals surface area contributed by atoms with E-state index in [0.29, 0.717) is 38.9 Å². The highest BCUT2D eigenvalue weighted by Gasteiger charge is 2.30. The lowest BCUT2D eigenvalue weighted by Crippen LogP contribution is -2.56. The number of rotatable bonds is 4. The van der Waals surface area contributed by atoms with Crippen LogP contribution in [0.4, 0.5) is 0 Å². The number of amides is 2. The molecular formula is C10H19N3O2. The van der Waals surface area contributed by atoms with Crippen molar-refractivity contribution in [2.45, 2.75) is 32.2 Å². The quantitative estimate of drug-likeness (QED) is 0.658. The van der Waals surface area contributed by atoms with E-state index in [0.717, 1.165) is 0 Å². The predicted molar refractivity (Wildman–Crippen MR) is 57.1 cm³/mol. The molecule has 0 aliphatic carbocycles. The molecule has 3 N–H and O–H groups in total. The fourth-order valence-corrected chi connectivity index (χ4v) is 1.82. The Bertz CT molecular complexity index is 243. The summed E-state index contributed by atoms with van der Waals surface area (Å²) in [5.41, 5.74) is 5.35. The molecule has 0 aromatic heterocycles. The molecule has 2 amide bonds. The molecular weight excluding hydrogens is 194 g/mol. The third-order valence-corrected chi connectivity index (χ3v) is 2.63. The normalized spacial score (nSPS) is 21.3. The molecule has 5 nitrogen and oxygen atoms in total. The van der Waals surface area contributed by atoms with Gasteiger partial charge in [-0.25, -0.2) is 0 Å². The third-order valence-electron chi connectivity index (χ3n) is 2.63. The number of nitrogens with zero attached hydrogens (tertiary/aromatic N) is 1. The molecule has 1 heterocycles. The number of piperazine rings is 1. The monoisotopic (exact) mass is 213 g/mol. The second-order valence-corrected chi connectivity index (χ2v) is 3.69. The molecule has 0 aromatic rings. The van der Waals surface area contributed by atoms with Crippen molar-refractivity contribution in [2.24, 2.45) is 5.73 Å². The number of hydrogen-bond acceptors (Lipinski definition) is 3. The summed E-state index contributed by atoms with van der Waals surface area (Å²) in [5, 5.41) is 2.77. The van der Waals surface area contributed by atoms with Gasteiger partial charge in [-0.2, -0.15) is 0 Å². The van der Waals surface area contributed by atoms with Crippen molar-refractivity contribution in [3.63, 3.8) is 0 Å². The van der Waals surface area contributed by atoms with Gasteiger partial charge in [0.15, 0.2) is 0 Å². The van der Waals surface area contributed by atoms with Crippen LogP contribution in [0.15, 0.2) is 0 Å². The van der Waals surface area contributed by atoms with E-state index in [2.05, 4.69) is 5.32 Å². The van der Waals surface area contributed by atoms with Gasteiger partial charge in [-0.05, 0) is 19.4 Å². The number of hydrogen-bond donors (Lipinski definition) is 2. The molecule has 1 atom stereocenters. The van der Waals surface area contributed by atoms with Crippen LogP contribution < -0.4 is 11.1 Å². The lowest BCUT2D eigenvalue weighted by molar-refractivity contribution is -0.143. The first kappa shape index (κ1) is 12.0. The number of nitrogens with one attached hydrogen (secondary N) is 1. The summed E-state index contributed by atoms with van der Waals surface area (Å²) in [5.74, 6) is 0.00648. The average molecular weight is 213 g/mol. The average Bonchev–Trinajstić information content (AvgIpc) is 2.25. The summed E-state index contributed by atoms with van der Waals surface area (Å²) in [7, 11) is 0. The largest absolute Gasteiger partial charge is 0.353 e. The molecule has 0 bridgehead atoms. The molecule has 1 rings (SSSR count). The first-order chi connectivity index (χ1) is 7.20. The van der Waals surface area contributed by atoms with Gasteiger partial charge >= 0.3 is 0 Å². The highest BCUT2D eigenvalue weighted by Crippen LogP contribution is 2.10. The van der Waals surface area contributed by atoms with E-state index in [1.54, 1.807) is 4.90 Å². The first-order valence-corrected chi connectivity index (χ1v) is 5.48. The van der Waals surface area contributed by atoms with E-state index in [1.807, 2.05) is 6.92 Å². The van der Waals surface area contributed by atoms with Crippen molar-refractivity contribution in [1.82, 2.24) is 10.2 Å². The van der Waals surface area contributed by atoms with Gasteiger partial charge in [0.1, 0.15) is 6.04 Å². The van der Waals surface area contributed by atoms with E-state index in [4.69, 9.17) is 5.73 Å². The van der Waals surface area contributed by atoms with Crippen LogP contribution in [0.2, 0.25) is 0 Å². The minimum atomic E-state index is -0.288. The van der Waals surface area contributed by atoms with Crippen LogP contribution in [0.1, 0.15) is 26.2 Å². The topological polar surface area (TPSA) is 75.4 Å². The van der Waals surface area contributed by atoms with Crippen LogP contribution in [0.25, 0.3) is 0 Å². The summed E-state index contributed by atoms with van der Waals surface area (Å²) in [4.78, 5) is 24.9. The number of nitrogens with two attached hydrogens (primary N) is 1. The Morgan fingerprint density at radius 1 is 1.67 bits per heavy atom. The molecule has 1 fully saturated rings. The molecule has 0 spiro atoms. The molecule has 1 aliphatic heterocycles. The van der Waals surface area contributed by atoms with Crippen LogP contribution in [-0.2, 0) is 9.59 Å². The standard InChI is InChI=1S/C10H19N3O2/c1-2-8-10(15)12-6-7-13(8)9(14)4-3-5-11/h8H,2-7,11H2,1H3,(H,12,15). The van der Waals surface area contributed by atoms with Crippen LogP contribution in [-0.4, -0.2) is 42.4 Å². The molecule has 15 heavy (non-hydrogen) atoms. The lowest BCUT2D eigenvalue weighted by atomic mass is 10.1. The molecule has 5 heteroatoms. The summed E-state index contributed by atoms with van der Waals surface area (Å²) in [6, 6.07) is -0.288. The Kier molecular flexibility index (Phi) is 4.55. The molecule has 0 radical (unpaired) electrons. The Morgan fingerprint density at radius 2 is 2.40 bits per heavy atom. The van der Waals surface area contributed by atoms with E-state index in [-0.39, 0.29) is 17.9 Å². The first-order valence-electron chi connectivity index (χ1n) is 5.48. The molecule has 1 unspecified atom stereocenters. The zero-order chi connectivity index (χ0) is 11.3. The van der Waals surface area contributed by atoms with Crippen LogP contribution in [0.3, 0.4) is 0 Å². The van der Waals surface area contributed by atoms with Gasteiger partial charge in [0.2, 0.25) is 11.8 Å². The predicted octanol–water partition coefficient (Wildman–Crippen LogP) is -0.538. The van der Waals surface area contributed by atoms with E-state index in [9.17, 15) is 9.59 Å². The Hall–Kier alpha value is -1.10. The summed E-state index contributed by atoms with van der Waals surface area (Å²) >= 11 is 0. The fraction of sp³-hybridized carbons (Fsp3) is 0.800. The van der Waals surface area contributed by atoms with Crippen molar-refractivity contribution in [3.8, 4) is 0 Å². The maximum atomic E-state index is 11.8. The van der Waals surface area contributed by atoms with Crippen molar-refractivity contribution < 1.29 is 9.59 Å². The van der Waals surface area contributed by atoms with Gasteiger partial charge in [-0.15, -0.1) is 0 Å². The summed E-state index contributed by atoms with van der Waals surface area (Å²) < 4.78 is 0. The third kappa shape index (κ3) is 2.92. The smallest absolute Gasteiger partial charge is 0.242 e.